The van der Waals surface area contributed by atoms with Gasteiger partial charge < -0.3 is 14.9 Å². The van der Waals surface area contributed by atoms with E-state index in [-0.39, 0.29) is 11.5 Å². The summed E-state index contributed by atoms with van der Waals surface area (Å²) in [6, 6.07) is 25.9. The van der Waals surface area contributed by atoms with Crippen LogP contribution in [0.3, 0.4) is 0 Å². The topological polar surface area (TPSA) is 62.6 Å². The monoisotopic (exact) mass is 369 g/mol. The van der Waals surface area contributed by atoms with E-state index in [1.807, 2.05) is 60.7 Å². The summed E-state index contributed by atoms with van der Waals surface area (Å²) in [6.07, 6.45) is 0. The molecule has 0 saturated heterocycles. The maximum absolute atomic E-state index is 9.59. The molecule has 0 unspecified atom stereocenters. The van der Waals surface area contributed by atoms with Gasteiger partial charge in [-0.1, -0.05) is 12.1 Å². The number of rotatable bonds is 4. The van der Waals surface area contributed by atoms with Crippen LogP contribution in [0.15, 0.2) is 84.9 Å². The van der Waals surface area contributed by atoms with Gasteiger partial charge in [0.25, 0.3) is 0 Å². The zero-order valence-corrected chi connectivity index (χ0v) is 15.3. The normalized spacial score (nSPS) is 10.6. The Bertz CT molecular complexity index is 1020. The second kappa shape index (κ2) is 7.45. The van der Waals surface area contributed by atoms with Crippen molar-refractivity contribution < 1.29 is 14.9 Å². The first-order valence-electron chi connectivity index (χ1n) is 8.88. The smallest absolute Gasteiger partial charge is 0.118 e. The van der Waals surface area contributed by atoms with Crippen molar-refractivity contribution in [2.24, 2.45) is 0 Å². The molecule has 28 heavy (non-hydrogen) atoms. The zero-order chi connectivity index (χ0) is 19.5. The first kappa shape index (κ1) is 17.6. The number of pyridine rings is 1. The van der Waals surface area contributed by atoms with Crippen molar-refractivity contribution >= 4 is 0 Å². The lowest BCUT2D eigenvalue weighted by Crippen LogP contribution is -1.91. The van der Waals surface area contributed by atoms with Gasteiger partial charge in [0.2, 0.25) is 0 Å². The standard InChI is InChI=1S/C24H19NO3/c1-28-22-12-6-16(7-13-22)19-14-23(17-2-8-20(26)9-3-17)25-24(15-19)18-4-10-21(27)11-5-18/h2-15,26-27H,1H3. The minimum atomic E-state index is 0.216. The molecule has 0 spiro atoms. The van der Waals surface area contributed by atoms with Crippen LogP contribution in [0, 0.1) is 0 Å². The van der Waals surface area contributed by atoms with Crippen LogP contribution in [-0.4, -0.2) is 22.3 Å². The summed E-state index contributed by atoms with van der Waals surface area (Å²) in [6.45, 7) is 0. The Morgan fingerprint density at radius 3 is 1.43 bits per heavy atom. The number of aromatic hydroxyl groups is 2. The van der Waals surface area contributed by atoms with Crippen LogP contribution < -0.4 is 4.74 Å². The van der Waals surface area contributed by atoms with E-state index in [0.29, 0.717) is 0 Å². The number of phenolic OH excluding ortho intramolecular Hbond substituents is 2. The molecule has 0 aliphatic heterocycles. The Hall–Kier alpha value is -3.79. The molecule has 0 fully saturated rings. The summed E-state index contributed by atoms with van der Waals surface area (Å²) in [4.78, 5) is 4.80. The highest BCUT2D eigenvalue weighted by atomic mass is 16.5. The van der Waals surface area contributed by atoms with Crippen molar-refractivity contribution in [3.63, 3.8) is 0 Å². The molecule has 3 aromatic carbocycles. The molecule has 4 nitrogen and oxygen atoms in total. The lowest BCUT2D eigenvalue weighted by atomic mass is 10.00. The second-order valence-electron chi connectivity index (χ2n) is 6.45. The van der Waals surface area contributed by atoms with E-state index in [1.54, 1.807) is 31.4 Å². The number of nitrogens with zero attached hydrogens (tertiary/aromatic N) is 1. The number of benzene rings is 3. The summed E-state index contributed by atoms with van der Waals surface area (Å²) in [7, 11) is 1.65. The fourth-order valence-electron chi connectivity index (χ4n) is 3.04. The third-order valence-electron chi connectivity index (χ3n) is 4.57. The highest BCUT2D eigenvalue weighted by Crippen LogP contribution is 2.32. The van der Waals surface area contributed by atoms with Gasteiger partial charge in [-0.05, 0) is 83.9 Å². The summed E-state index contributed by atoms with van der Waals surface area (Å²) in [5.41, 5.74) is 5.49. The Morgan fingerprint density at radius 1 is 0.571 bits per heavy atom. The second-order valence-corrected chi connectivity index (χ2v) is 6.45. The summed E-state index contributed by atoms with van der Waals surface area (Å²) in [5.74, 6) is 1.23. The Morgan fingerprint density at radius 2 is 1.00 bits per heavy atom. The van der Waals surface area contributed by atoms with Crippen molar-refractivity contribution in [1.82, 2.24) is 4.98 Å². The molecule has 1 heterocycles. The van der Waals surface area contributed by atoms with Crippen molar-refractivity contribution in [3.8, 4) is 50.9 Å². The van der Waals surface area contributed by atoms with Crippen molar-refractivity contribution in [2.45, 2.75) is 0 Å². The Labute approximate surface area is 163 Å². The van der Waals surface area contributed by atoms with Gasteiger partial charge in [-0.2, -0.15) is 0 Å². The van der Waals surface area contributed by atoms with Crippen LogP contribution >= 0.6 is 0 Å². The summed E-state index contributed by atoms with van der Waals surface area (Å²) < 4.78 is 5.25. The molecule has 0 aliphatic carbocycles. The summed E-state index contributed by atoms with van der Waals surface area (Å²) in [5, 5.41) is 19.2. The highest BCUT2D eigenvalue weighted by molar-refractivity contribution is 5.77. The maximum Gasteiger partial charge on any atom is 0.118 e. The number of aromatic nitrogens is 1. The zero-order valence-electron chi connectivity index (χ0n) is 15.3. The van der Waals surface area contributed by atoms with E-state index in [9.17, 15) is 10.2 Å². The molecule has 4 heteroatoms. The molecule has 4 rings (SSSR count). The third-order valence-corrected chi connectivity index (χ3v) is 4.57. The van der Waals surface area contributed by atoms with Gasteiger partial charge in [0.05, 0.1) is 18.5 Å². The van der Waals surface area contributed by atoms with Crippen LogP contribution in [0.25, 0.3) is 33.6 Å². The minimum absolute atomic E-state index is 0.216. The Kier molecular flexibility index (Phi) is 4.68. The largest absolute Gasteiger partial charge is 0.508 e. The fourth-order valence-corrected chi connectivity index (χ4v) is 3.04. The summed E-state index contributed by atoms with van der Waals surface area (Å²) >= 11 is 0. The fraction of sp³-hybridized carbons (Fsp3) is 0.0417. The van der Waals surface area contributed by atoms with Gasteiger partial charge >= 0.3 is 0 Å². The van der Waals surface area contributed by atoms with E-state index in [2.05, 4.69) is 0 Å². The molecule has 2 N–H and O–H groups in total. The predicted octanol–water partition coefficient (Wildman–Crippen LogP) is 5.50. The average Bonchev–Trinajstić information content (AvgIpc) is 2.74. The van der Waals surface area contributed by atoms with Gasteiger partial charge in [-0.3, -0.25) is 0 Å². The number of hydrogen-bond acceptors (Lipinski definition) is 4. The molecule has 138 valence electrons. The van der Waals surface area contributed by atoms with Gasteiger partial charge in [0.15, 0.2) is 0 Å². The van der Waals surface area contributed by atoms with Crippen molar-refractivity contribution in [1.29, 1.82) is 0 Å². The number of hydrogen-bond donors (Lipinski definition) is 2. The molecule has 0 atom stereocenters. The molecule has 4 aromatic rings. The van der Waals surface area contributed by atoms with Crippen LogP contribution in [-0.2, 0) is 0 Å². The van der Waals surface area contributed by atoms with Crippen LogP contribution in [0.1, 0.15) is 0 Å². The van der Waals surface area contributed by atoms with E-state index in [4.69, 9.17) is 9.72 Å². The molecular formula is C24H19NO3. The number of ether oxygens (including phenoxy) is 1. The van der Waals surface area contributed by atoms with Gasteiger partial charge in [0, 0.05) is 11.1 Å². The Balaban J connectivity index is 1.86. The van der Waals surface area contributed by atoms with Crippen molar-refractivity contribution in [2.75, 3.05) is 7.11 Å². The lowest BCUT2D eigenvalue weighted by molar-refractivity contribution is 0.415. The lowest BCUT2D eigenvalue weighted by Gasteiger charge is -2.11. The molecule has 1 aromatic heterocycles. The molecule has 0 aliphatic rings. The predicted molar refractivity (Wildman–Crippen MR) is 110 cm³/mol. The molecule has 0 amide bonds. The number of phenols is 2. The molecule has 0 saturated carbocycles. The third kappa shape index (κ3) is 3.67. The highest BCUT2D eigenvalue weighted by Gasteiger charge is 2.09. The van der Waals surface area contributed by atoms with Gasteiger partial charge in [0.1, 0.15) is 17.2 Å². The van der Waals surface area contributed by atoms with Gasteiger partial charge in [-0.25, -0.2) is 4.98 Å². The van der Waals surface area contributed by atoms with E-state index < -0.39 is 0 Å². The SMILES string of the molecule is COc1ccc(-c2cc(-c3ccc(O)cc3)nc(-c3ccc(O)cc3)c2)cc1. The maximum atomic E-state index is 9.59. The van der Waals surface area contributed by atoms with E-state index in [1.165, 1.54) is 0 Å². The first-order chi connectivity index (χ1) is 13.6. The van der Waals surface area contributed by atoms with Crippen LogP contribution in [0.2, 0.25) is 0 Å². The molecule has 0 bridgehead atoms. The van der Waals surface area contributed by atoms with E-state index >= 15 is 0 Å². The minimum Gasteiger partial charge on any atom is -0.508 e. The number of methoxy groups -OCH3 is 1. The molecule has 0 radical (unpaired) electrons. The average molecular weight is 369 g/mol. The van der Waals surface area contributed by atoms with Crippen molar-refractivity contribution in [3.05, 3.63) is 84.9 Å². The van der Waals surface area contributed by atoms with E-state index in [0.717, 1.165) is 39.4 Å². The van der Waals surface area contributed by atoms with Gasteiger partial charge in [-0.15, -0.1) is 0 Å². The first-order valence-corrected chi connectivity index (χ1v) is 8.88. The molecular weight excluding hydrogens is 350 g/mol. The van der Waals surface area contributed by atoms with Crippen LogP contribution in [0.4, 0.5) is 0 Å². The quantitative estimate of drug-likeness (QED) is 0.498. The van der Waals surface area contributed by atoms with Crippen LogP contribution in [0.5, 0.6) is 17.2 Å².